The average molecular weight is 331 g/mol. The molecule has 1 aromatic carbocycles. The first-order chi connectivity index (χ1) is 10.3. The Morgan fingerprint density at radius 1 is 1.41 bits per heavy atom. The minimum atomic E-state index is -4.17. The lowest BCUT2D eigenvalue weighted by Crippen LogP contribution is -2.53. The van der Waals surface area contributed by atoms with Gasteiger partial charge >= 0.3 is 5.97 Å². The van der Waals surface area contributed by atoms with Crippen molar-refractivity contribution in [1.82, 2.24) is 4.72 Å². The van der Waals surface area contributed by atoms with E-state index in [1.54, 1.807) is 0 Å². The number of aliphatic carboxylic acids is 1. The molecule has 0 aliphatic carbocycles. The van der Waals surface area contributed by atoms with Crippen molar-refractivity contribution in [2.75, 3.05) is 13.2 Å². The number of benzene rings is 1. The zero-order chi connectivity index (χ0) is 16.4. The van der Waals surface area contributed by atoms with Crippen molar-refractivity contribution >= 4 is 16.0 Å². The summed E-state index contributed by atoms with van der Waals surface area (Å²) in [5, 5.41) is 9.06. The van der Waals surface area contributed by atoms with Crippen molar-refractivity contribution in [2.45, 2.75) is 36.6 Å². The molecule has 0 atom stereocenters. The summed E-state index contributed by atoms with van der Waals surface area (Å²) in [6, 6.07) is 3.98. The molecule has 1 fully saturated rings. The summed E-state index contributed by atoms with van der Waals surface area (Å²) >= 11 is 0. The van der Waals surface area contributed by atoms with Crippen LogP contribution in [-0.2, 0) is 19.6 Å². The lowest BCUT2D eigenvalue weighted by molar-refractivity contribution is -0.139. The van der Waals surface area contributed by atoms with Crippen LogP contribution in [-0.4, -0.2) is 38.2 Å². The van der Waals surface area contributed by atoms with Gasteiger partial charge in [0.2, 0.25) is 10.0 Å². The second-order valence-corrected chi connectivity index (χ2v) is 7.07. The lowest BCUT2D eigenvalue weighted by Gasteiger charge is -2.36. The van der Waals surface area contributed by atoms with E-state index >= 15 is 0 Å². The average Bonchev–Trinajstić information content (AvgIpc) is 2.37. The Morgan fingerprint density at radius 2 is 2.05 bits per heavy atom. The summed E-state index contributed by atoms with van der Waals surface area (Å²) in [4.78, 5) is 10.6. The van der Waals surface area contributed by atoms with E-state index in [-0.39, 0.29) is 38.0 Å². The number of carboxylic acid groups (broad SMARTS) is 1. The Morgan fingerprint density at radius 3 is 2.59 bits per heavy atom. The molecular weight excluding hydrogens is 313 g/mol. The second-order valence-electron chi connectivity index (χ2n) is 5.45. The van der Waals surface area contributed by atoms with Gasteiger partial charge in [-0.25, -0.2) is 17.5 Å². The summed E-state index contributed by atoms with van der Waals surface area (Å²) in [5.41, 5.74) is -0.887. The third-order valence-electron chi connectivity index (χ3n) is 3.72. The fourth-order valence-corrected chi connectivity index (χ4v) is 4.42. The molecule has 1 aromatic rings. The van der Waals surface area contributed by atoms with Gasteiger partial charge in [0.05, 0.1) is 6.42 Å². The van der Waals surface area contributed by atoms with Crippen molar-refractivity contribution in [3.05, 3.63) is 29.6 Å². The number of hydrogen-bond donors (Lipinski definition) is 2. The number of halogens is 1. The predicted octanol–water partition coefficient (Wildman–Crippen LogP) is 1.44. The molecule has 8 heteroatoms. The fraction of sp³-hybridized carbons (Fsp3) is 0.500. The number of ether oxygens (including phenoxy) is 1. The third-order valence-corrected chi connectivity index (χ3v) is 5.48. The molecule has 2 N–H and O–H groups in total. The van der Waals surface area contributed by atoms with Crippen molar-refractivity contribution in [3.8, 4) is 0 Å². The lowest BCUT2D eigenvalue weighted by atomic mass is 9.88. The molecule has 22 heavy (non-hydrogen) atoms. The van der Waals surface area contributed by atoms with Gasteiger partial charge in [0, 0.05) is 18.8 Å². The number of hydrogen-bond acceptors (Lipinski definition) is 4. The minimum Gasteiger partial charge on any atom is -0.481 e. The van der Waals surface area contributed by atoms with Crippen molar-refractivity contribution in [2.24, 2.45) is 0 Å². The molecule has 1 heterocycles. The Hall–Kier alpha value is -1.51. The molecule has 6 nitrogen and oxygen atoms in total. The Bertz CT molecular complexity index is 648. The van der Waals surface area contributed by atoms with E-state index in [2.05, 4.69) is 4.72 Å². The zero-order valence-electron chi connectivity index (χ0n) is 12.1. The molecule has 0 amide bonds. The van der Waals surface area contributed by atoms with Gasteiger partial charge in [-0.05, 0) is 31.4 Å². The van der Waals surface area contributed by atoms with E-state index in [0.29, 0.717) is 0 Å². The standard InChI is InChI=1S/C14H18FNO5S/c1-10-3-2-4-11(15)13(10)22(19,20)16-14(9-12(17)18)5-7-21-8-6-14/h2-4,16H,5-9H2,1H3,(H,17,18). The number of carboxylic acids is 1. The number of nitrogens with one attached hydrogen (secondary N) is 1. The van der Waals surface area contributed by atoms with E-state index in [9.17, 15) is 17.6 Å². The Balaban J connectivity index is 2.38. The van der Waals surface area contributed by atoms with Gasteiger partial charge < -0.3 is 9.84 Å². The van der Waals surface area contributed by atoms with Crippen molar-refractivity contribution in [1.29, 1.82) is 0 Å². The monoisotopic (exact) mass is 331 g/mol. The van der Waals surface area contributed by atoms with Gasteiger partial charge in [0.15, 0.2) is 0 Å². The second kappa shape index (κ2) is 6.31. The minimum absolute atomic E-state index is 0.228. The Labute approximate surface area is 128 Å². The molecule has 0 spiro atoms. The zero-order valence-corrected chi connectivity index (χ0v) is 13.0. The highest BCUT2D eigenvalue weighted by molar-refractivity contribution is 7.89. The maximum atomic E-state index is 13.9. The van der Waals surface area contributed by atoms with Gasteiger partial charge in [0.1, 0.15) is 10.7 Å². The van der Waals surface area contributed by atoms with Crippen LogP contribution in [0.4, 0.5) is 4.39 Å². The number of sulfonamides is 1. The van der Waals surface area contributed by atoms with Gasteiger partial charge in [-0.2, -0.15) is 0 Å². The van der Waals surface area contributed by atoms with E-state index in [0.717, 1.165) is 6.07 Å². The summed E-state index contributed by atoms with van der Waals surface area (Å²) in [7, 11) is -4.17. The number of carbonyl (C=O) groups is 1. The van der Waals surface area contributed by atoms with Gasteiger partial charge in [-0.3, -0.25) is 4.79 Å². The highest BCUT2D eigenvalue weighted by atomic mass is 32.2. The molecule has 2 rings (SSSR count). The highest BCUT2D eigenvalue weighted by Gasteiger charge is 2.40. The molecule has 0 unspecified atom stereocenters. The van der Waals surface area contributed by atoms with Crippen LogP contribution in [0, 0.1) is 12.7 Å². The molecule has 0 aromatic heterocycles. The van der Waals surface area contributed by atoms with Crippen LogP contribution in [0.25, 0.3) is 0 Å². The first-order valence-electron chi connectivity index (χ1n) is 6.84. The molecule has 0 bridgehead atoms. The predicted molar refractivity (Wildman–Crippen MR) is 76.5 cm³/mol. The van der Waals surface area contributed by atoms with Gasteiger partial charge in [-0.15, -0.1) is 0 Å². The van der Waals surface area contributed by atoms with Crippen LogP contribution in [0.5, 0.6) is 0 Å². The first-order valence-corrected chi connectivity index (χ1v) is 8.33. The highest BCUT2D eigenvalue weighted by Crippen LogP contribution is 2.28. The molecule has 1 aliphatic heterocycles. The van der Waals surface area contributed by atoms with Crippen LogP contribution >= 0.6 is 0 Å². The van der Waals surface area contributed by atoms with E-state index in [1.165, 1.54) is 19.1 Å². The van der Waals surface area contributed by atoms with E-state index < -0.39 is 32.2 Å². The van der Waals surface area contributed by atoms with Gasteiger partial charge in [-0.1, -0.05) is 12.1 Å². The molecule has 0 radical (unpaired) electrons. The van der Waals surface area contributed by atoms with Crippen molar-refractivity contribution in [3.63, 3.8) is 0 Å². The third kappa shape index (κ3) is 3.63. The summed E-state index contributed by atoms with van der Waals surface area (Å²) in [5.74, 6) is -1.97. The van der Waals surface area contributed by atoms with Crippen LogP contribution in [0.15, 0.2) is 23.1 Å². The summed E-state index contributed by atoms with van der Waals surface area (Å²) in [6.07, 6.45) is 0.0845. The van der Waals surface area contributed by atoms with Crippen molar-refractivity contribution < 1.29 is 27.4 Å². The van der Waals surface area contributed by atoms with E-state index in [1.807, 2.05) is 0 Å². The molecule has 0 saturated carbocycles. The largest absolute Gasteiger partial charge is 0.481 e. The normalized spacial score (nSPS) is 18.1. The topological polar surface area (TPSA) is 92.7 Å². The van der Waals surface area contributed by atoms with Crippen LogP contribution in [0.2, 0.25) is 0 Å². The molecule has 1 saturated heterocycles. The fourth-order valence-electron chi connectivity index (χ4n) is 2.66. The first kappa shape index (κ1) is 16.9. The summed E-state index contributed by atoms with van der Waals surface area (Å²) < 4.78 is 46.6. The molecule has 122 valence electrons. The Kier molecular flexibility index (Phi) is 4.84. The molecular formula is C14H18FNO5S. The number of rotatable bonds is 5. The van der Waals surface area contributed by atoms with Gasteiger partial charge in [0.25, 0.3) is 0 Å². The maximum Gasteiger partial charge on any atom is 0.305 e. The quantitative estimate of drug-likeness (QED) is 0.851. The smallest absolute Gasteiger partial charge is 0.305 e. The molecule has 1 aliphatic rings. The van der Waals surface area contributed by atoms with E-state index in [4.69, 9.17) is 9.84 Å². The van der Waals surface area contributed by atoms with Crippen LogP contribution in [0.1, 0.15) is 24.8 Å². The SMILES string of the molecule is Cc1cccc(F)c1S(=O)(=O)NC1(CC(=O)O)CCOCC1. The van der Waals surface area contributed by atoms with Crippen LogP contribution < -0.4 is 4.72 Å². The van der Waals surface area contributed by atoms with Crippen LogP contribution in [0.3, 0.4) is 0 Å². The maximum absolute atomic E-state index is 13.9. The summed E-state index contributed by atoms with van der Waals surface area (Å²) in [6.45, 7) is 2.00. The number of aryl methyl sites for hydroxylation is 1.